The zero-order valence-corrected chi connectivity index (χ0v) is 12.4. The van der Waals surface area contributed by atoms with Gasteiger partial charge in [-0.25, -0.2) is 12.8 Å². The third-order valence-electron chi connectivity index (χ3n) is 3.03. The van der Waals surface area contributed by atoms with E-state index in [9.17, 15) is 12.8 Å². The van der Waals surface area contributed by atoms with Crippen molar-refractivity contribution in [2.45, 2.75) is 23.8 Å². The molecule has 0 bridgehead atoms. The van der Waals surface area contributed by atoms with E-state index < -0.39 is 15.8 Å². The number of nitrogens with two attached hydrogens (primary N) is 1. The Kier molecular flexibility index (Phi) is 5.58. The molecule has 2 rings (SSSR count). The van der Waals surface area contributed by atoms with E-state index >= 15 is 0 Å². The van der Waals surface area contributed by atoms with Crippen LogP contribution < -0.4 is 5.73 Å². The highest BCUT2D eigenvalue weighted by molar-refractivity contribution is 7.89. The fourth-order valence-corrected chi connectivity index (χ4v) is 3.73. The Labute approximate surface area is 123 Å². The maximum absolute atomic E-state index is 13.8. The van der Waals surface area contributed by atoms with Gasteiger partial charge in [-0.3, -0.25) is 0 Å². The van der Waals surface area contributed by atoms with Gasteiger partial charge in [-0.1, -0.05) is 17.7 Å². The minimum absolute atomic E-state index is 0. The molecule has 0 unspecified atom stereocenters. The van der Waals surface area contributed by atoms with Gasteiger partial charge in [-0.05, 0) is 25.0 Å². The molecule has 1 saturated heterocycles. The van der Waals surface area contributed by atoms with Crippen LogP contribution in [-0.4, -0.2) is 31.9 Å². The molecule has 0 radical (unpaired) electrons. The summed E-state index contributed by atoms with van der Waals surface area (Å²) in [6, 6.07) is 3.99. The number of piperidine rings is 1. The Bertz CT molecular complexity index is 546. The normalized spacial score (nSPS) is 18.1. The lowest BCUT2D eigenvalue weighted by Gasteiger charge is -2.29. The number of sulfonamides is 1. The second-order valence-corrected chi connectivity index (χ2v) is 6.61. The Hall–Kier alpha value is -0.400. The molecular weight excluding hydrogens is 314 g/mol. The lowest BCUT2D eigenvalue weighted by atomic mass is 10.1. The number of hydrogen-bond donors (Lipinski definition) is 1. The molecule has 1 aliphatic rings. The first-order valence-electron chi connectivity index (χ1n) is 5.62. The second kappa shape index (κ2) is 6.37. The summed E-state index contributed by atoms with van der Waals surface area (Å²) in [5.41, 5.74) is 5.72. The quantitative estimate of drug-likeness (QED) is 0.903. The standard InChI is InChI=1S/C11H14ClFN2O2S.ClH/c12-9-2-1-3-10(11(9)13)18(16,17)15-6-4-8(14)5-7-15;/h1-3,8H,4-7,14H2;1H. The summed E-state index contributed by atoms with van der Waals surface area (Å²) in [6.45, 7) is 0.630. The number of rotatable bonds is 2. The molecule has 1 heterocycles. The predicted octanol–water partition coefficient (Wildman–Crippen LogP) is 2.01. The molecule has 0 amide bonds. The van der Waals surface area contributed by atoms with Crippen LogP contribution in [0, 0.1) is 5.82 Å². The molecule has 0 spiro atoms. The van der Waals surface area contributed by atoms with Gasteiger partial charge in [-0.2, -0.15) is 4.31 Å². The fraction of sp³-hybridized carbons (Fsp3) is 0.455. The van der Waals surface area contributed by atoms with E-state index in [4.69, 9.17) is 17.3 Å². The molecule has 0 atom stereocenters. The fourth-order valence-electron chi connectivity index (χ4n) is 1.94. The van der Waals surface area contributed by atoms with Gasteiger partial charge in [0.1, 0.15) is 4.90 Å². The highest BCUT2D eigenvalue weighted by Gasteiger charge is 2.30. The van der Waals surface area contributed by atoms with Crippen LogP contribution in [0.15, 0.2) is 23.1 Å². The average molecular weight is 329 g/mol. The number of halogens is 3. The summed E-state index contributed by atoms with van der Waals surface area (Å²) in [5.74, 6) is -0.894. The molecule has 8 heteroatoms. The Morgan fingerprint density at radius 2 is 1.89 bits per heavy atom. The number of nitrogens with zero attached hydrogens (tertiary/aromatic N) is 1. The largest absolute Gasteiger partial charge is 0.328 e. The van der Waals surface area contributed by atoms with Gasteiger partial charge in [0, 0.05) is 19.1 Å². The first-order valence-corrected chi connectivity index (χ1v) is 7.44. The maximum Gasteiger partial charge on any atom is 0.246 e. The van der Waals surface area contributed by atoms with Gasteiger partial charge in [0.25, 0.3) is 0 Å². The Morgan fingerprint density at radius 3 is 2.47 bits per heavy atom. The first kappa shape index (κ1) is 16.7. The van der Waals surface area contributed by atoms with Crippen LogP contribution in [0.1, 0.15) is 12.8 Å². The minimum Gasteiger partial charge on any atom is -0.328 e. The van der Waals surface area contributed by atoms with Crippen molar-refractivity contribution in [1.29, 1.82) is 0 Å². The molecule has 0 aromatic heterocycles. The van der Waals surface area contributed by atoms with Crippen LogP contribution in [0.5, 0.6) is 0 Å². The van der Waals surface area contributed by atoms with Gasteiger partial charge in [0.2, 0.25) is 10.0 Å². The van der Waals surface area contributed by atoms with E-state index in [2.05, 4.69) is 0 Å². The van der Waals surface area contributed by atoms with Crippen molar-refractivity contribution in [2.75, 3.05) is 13.1 Å². The van der Waals surface area contributed by atoms with Crippen molar-refractivity contribution >= 4 is 34.0 Å². The van der Waals surface area contributed by atoms with Crippen LogP contribution in [0.4, 0.5) is 4.39 Å². The van der Waals surface area contributed by atoms with E-state index in [1.807, 2.05) is 0 Å². The monoisotopic (exact) mass is 328 g/mol. The van der Waals surface area contributed by atoms with Crippen molar-refractivity contribution in [3.8, 4) is 0 Å². The lowest BCUT2D eigenvalue weighted by molar-refractivity contribution is 0.319. The molecule has 0 saturated carbocycles. The summed E-state index contributed by atoms with van der Waals surface area (Å²) in [7, 11) is -3.82. The minimum atomic E-state index is -3.82. The smallest absolute Gasteiger partial charge is 0.246 e. The van der Waals surface area contributed by atoms with Gasteiger partial charge in [-0.15, -0.1) is 12.4 Å². The first-order chi connectivity index (χ1) is 8.43. The van der Waals surface area contributed by atoms with Crippen LogP contribution in [0.25, 0.3) is 0 Å². The van der Waals surface area contributed by atoms with Crippen LogP contribution in [0.2, 0.25) is 5.02 Å². The molecular formula is C11H15Cl2FN2O2S. The van der Waals surface area contributed by atoms with Crippen molar-refractivity contribution in [3.63, 3.8) is 0 Å². The number of hydrogen-bond acceptors (Lipinski definition) is 3. The average Bonchev–Trinajstić information content (AvgIpc) is 2.33. The van der Waals surface area contributed by atoms with Crippen LogP contribution in [-0.2, 0) is 10.0 Å². The molecule has 1 aromatic rings. The topological polar surface area (TPSA) is 63.4 Å². The molecule has 19 heavy (non-hydrogen) atoms. The van der Waals surface area contributed by atoms with Crippen molar-refractivity contribution in [2.24, 2.45) is 5.73 Å². The second-order valence-electron chi connectivity index (χ2n) is 4.29. The summed E-state index contributed by atoms with van der Waals surface area (Å²) in [5, 5.41) is -0.190. The molecule has 2 N–H and O–H groups in total. The SMILES string of the molecule is Cl.NC1CCN(S(=O)(=O)c2cccc(Cl)c2F)CC1. The highest BCUT2D eigenvalue weighted by Crippen LogP contribution is 2.26. The van der Waals surface area contributed by atoms with Gasteiger partial charge < -0.3 is 5.73 Å². The third kappa shape index (κ3) is 3.38. The van der Waals surface area contributed by atoms with E-state index in [1.54, 1.807) is 0 Å². The van der Waals surface area contributed by atoms with E-state index in [-0.39, 0.29) is 28.4 Å². The zero-order valence-electron chi connectivity index (χ0n) is 10.1. The molecule has 0 aliphatic carbocycles. The molecule has 4 nitrogen and oxygen atoms in total. The summed E-state index contributed by atoms with van der Waals surface area (Å²) in [4.78, 5) is -0.370. The summed E-state index contributed by atoms with van der Waals surface area (Å²) in [6.07, 6.45) is 1.17. The van der Waals surface area contributed by atoms with E-state index in [1.165, 1.54) is 22.5 Å². The Balaban J connectivity index is 0.00000180. The molecule has 1 fully saturated rings. The maximum atomic E-state index is 13.8. The van der Waals surface area contributed by atoms with E-state index in [0.717, 1.165) is 0 Å². The lowest BCUT2D eigenvalue weighted by Crippen LogP contribution is -2.43. The van der Waals surface area contributed by atoms with Gasteiger partial charge in [0.15, 0.2) is 5.82 Å². The Morgan fingerprint density at radius 1 is 1.32 bits per heavy atom. The third-order valence-corrected chi connectivity index (χ3v) is 5.24. The molecule has 108 valence electrons. The zero-order chi connectivity index (χ0) is 13.3. The molecule has 1 aromatic carbocycles. The highest BCUT2D eigenvalue weighted by atomic mass is 35.5. The van der Waals surface area contributed by atoms with Gasteiger partial charge >= 0.3 is 0 Å². The van der Waals surface area contributed by atoms with Crippen molar-refractivity contribution in [3.05, 3.63) is 29.0 Å². The van der Waals surface area contributed by atoms with E-state index in [0.29, 0.717) is 25.9 Å². The van der Waals surface area contributed by atoms with Crippen LogP contribution in [0.3, 0.4) is 0 Å². The summed E-state index contributed by atoms with van der Waals surface area (Å²) >= 11 is 5.60. The van der Waals surface area contributed by atoms with Gasteiger partial charge in [0.05, 0.1) is 5.02 Å². The van der Waals surface area contributed by atoms with Crippen molar-refractivity contribution < 1.29 is 12.8 Å². The predicted molar refractivity (Wildman–Crippen MR) is 74.6 cm³/mol. The number of benzene rings is 1. The summed E-state index contributed by atoms with van der Waals surface area (Å²) < 4.78 is 39.5. The molecule has 1 aliphatic heterocycles. The van der Waals surface area contributed by atoms with Crippen LogP contribution >= 0.6 is 24.0 Å². The van der Waals surface area contributed by atoms with Crippen molar-refractivity contribution in [1.82, 2.24) is 4.31 Å².